The quantitative estimate of drug-likeness (QED) is 0.144. The van der Waals surface area contributed by atoms with Crippen molar-refractivity contribution < 1.29 is 0 Å². The summed E-state index contributed by atoms with van der Waals surface area (Å²) in [5, 5.41) is 2.65. The molecule has 36 heavy (non-hydrogen) atoms. The molecule has 0 amide bonds. The van der Waals surface area contributed by atoms with Crippen LogP contribution in [0.2, 0.25) is 0 Å². The molecule has 0 bridgehead atoms. The largest absolute Gasteiger partial charge is 0.372 e. The van der Waals surface area contributed by atoms with Crippen LogP contribution in [0.15, 0.2) is 72.8 Å². The molecule has 0 saturated heterocycles. The lowest BCUT2D eigenvalue weighted by Crippen LogP contribution is -2.25. The van der Waals surface area contributed by atoms with Gasteiger partial charge in [0, 0.05) is 35.2 Å². The second-order valence-corrected chi connectivity index (χ2v) is 10.4. The third kappa shape index (κ3) is 6.72. The summed E-state index contributed by atoms with van der Waals surface area (Å²) in [7, 11) is 0. The monoisotopic (exact) mass is 482 g/mol. The topological polar surface area (TPSA) is 8.17 Å². The number of unbranched alkanes of at least 4 members (excludes halogenated alkanes) is 10. The molecule has 192 valence electrons. The third-order valence-corrected chi connectivity index (χ3v) is 7.62. The molecule has 1 heterocycles. The Kier molecular flexibility index (Phi) is 10.3. The average molecular weight is 483 g/mol. The maximum absolute atomic E-state index is 2.65. The highest BCUT2D eigenvalue weighted by molar-refractivity contribution is 6.09. The zero-order valence-electron chi connectivity index (χ0n) is 22.7. The van der Waals surface area contributed by atoms with Gasteiger partial charge in [-0.25, -0.2) is 0 Å². The van der Waals surface area contributed by atoms with Crippen LogP contribution in [0.25, 0.3) is 27.5 Å². The lowest BCUT2D eigenvalue weighted by atomic mass is 10.1. The molecule has 1 aromatic heterocycles. The van der Waals surface area contributed by atoms with Crippen LogP contribution in [0.3, 0.4) is 0 Å². The number of anilines is 1. The first-order chi connectivity index (χ1) is 17.8. The van der Waals surface area contributed by atoms with Crippen LogP contribution in [0.5, 0.6) is 0 Å². The van der Waals surface area contributed by atoms with E-state index in [1.54, 1.807) is 0 Å². The van der Waals surface area contributed by atoms with Gasteiger partial charge in [-0.1, -0.05) is 114 Å². The molecular weight excluding hydrogens is 436 g/mol. The van der Waals surface area contributed by atoms with E-state index in [-0.39, 0.29) is 0 Å². The number of hydrogen-bond donors (Lipinski definition) is 0. The number of rotatable bonds is 16. The molecule has 0 atom stereocenters. The average Bonchev–Trinajstić information content (AvgIpc) is 3.26. The second kappa shape index (κ2) is 14.1. The fourth-order valence-electron chi connectivity index (χ4n) is 5.55. The lowest BCUT2D eigenvalue weighted by molar-refractivity contribution is 0.575. The van der Waals surface area contributed by atoms with Gasteiger partial charge in [0.1, 0.15) is 0 Å². The van der Waals surface area contributed by atoms with Crippen molar-refractivity contribution in [3.63, 3.8) is 0 Å². The summed E-state index contributed by atoms with van der Waals surface area (Å²) in [5.41, 5.74) is 5.18. The van der Waals surface area contributed by atoms with Gasteiger partial charge >= 0.3 is 0 Å². The Hall–Kier alpha value is -2.74. The van der Waals surface area contributed by atoms with Gasteiger partial charge in [-0.15, -0.1) is 0 Å². The number of aromatic nitrogens is 1. The smallest absolute Gasteiger partial charge is 0.0541 e. The van der Waals surface area contributed by atoms with Crippen LogP contribution in [0.1, 0.15) is 90.9 Å². The Labute approximate surface area is 219 Å². The predicted molar refractivity (Wildman–Crippen MR) is 160 cm³/mol. The zero-order valence-corrected chi connectivity index (χ0v) is 22.7. The number of hydrogen-bond acceptors (Lipinski definition) is 1. The van der Waals surface area contributed by atoms with E-state index in [4.69, 9.17) is 0 Å². The molecule has 0 fully saturated rings. The molecule has 0 aliphatic rings. The molecule has 0 saturated carbocycles. The number of benzene rings is 3. The van der Waals surface area contributed by atoms with E-state index in [9.17, 15) is 0 Å². The molecule has 0 radical (unpaired) electrons. The molecule has 2 nitrogen and oxygen atoms in total. The molecular formula is C34H46N2. The lowest BCUT2D eigenvalue weighted by Gasteiger charge is -2.25. The summed E-state index contributed by atoms with van der Waals surface area (Å²) < 4.78 is 2.42. The Morgan fingerprint density at radius 1 is 0.500 bits per heavy atom. The molecule has 0 aliphatic carbocycles. The van der Waals surface area contributed by atoms with Gasteiger partial charge in [0.25, 0.3) is 0 Å². The molecule has 0 N–H and O–H groups in total. The Morgan fingerprint density at radius 2 is 0.944 bits per heavy atom. The van der Waals surface area contributed by atoms with E-state index >= 15 is 0 Å². The van der Waals surface area contributed by atoms with Crippen LogP contribution in [0, 0.1) is 0 Å². The van der Waals surface area contributed by atoms with Crippen LogP contribution >= 0.6 is 0 Å². The summed E-state index contributed by atoms with van der Waals surface area (Å²) in [5.74, 6) is 0. The van der Waals surface area contributed by atoms with Crippen molar-refractivity contribution in [1.29, 1.82) is 0 Å². The molecule has 2 heteroatoms. The molecule has 0 spiro atoms. The van der Waals surface area contributed by atoms with Crippen LogP contribution < -0.4 is 4.90 Å². The van der Waals surface area contributed by atoms with Crippen LogP contribution in [-0.4, -0.2) is 17.7 Å². The van der Waals surface area contributed by atoms with E-state index in [1.165, 1.54) is 123 Å². The Morgan fingerprint density at radius 3 is 1.44 bits per heavy atom. The first-order valence-corrected chi connectivity index (χ1v) is 14.7. The van der Waals surface area contributed by atoms with E-state index < -0.39 is 0 Å². The van der Waals surface area contributed by atoms with Crippen molar-refractivity contribution in [2.45, 2.75) is 90.9 Å². The maximum atomic E-state index is 2.65. The van der Waals surface area contributed by atoms with Gasteiger partial charge in [-0.2, -0.15) is 0 Å². The van der Waals surface area contributed by atoms with E-state index in [0.717, 1.165) is 0 Å². The summed E-state index contributed by atoms with van der Waals surface area (Å²) in [6.45, 7) is 6.95. The fraction of sp³-hybridized carbons (Fsp3) is 0.471. The third-order valence-electron chi connectivity index (χ3n) is 7.62. The fourth-order valence-corrected chi connectivity index (χ4v) is 5.55. The predicted octanol–water partition coefficient (Wildman–Crippen LogP) is 10.3. The molecule has 4 aromatic rings. The summed E-state index contributed by atoms with van der Waals surface area (Å²) in [6, 6.07) is 26.9. The minimum Gasteiger partial charge on any atom is -0.372 e. The number of nitrogens with zero attached hydrogens (tertiary/aromatic N) is 2. The second-order valence-electron chi connectivity index (χ2n) is 10.4. The van der Waals surface area contributed by atoms with Crippen molar-refractivity contribution >= 4 is 27.5 Å². The molecule has 4 rings (SSSR count). The van der Waals surface area contributed by atoms with Crippen molar-refractivity contribution in [2.24, 2.45) is 0 Å². The Balaban J connectivity index is 1.49. The standard InChI is InChI=1S/C34H46N2/c1-3-5-7-9-11-17-27-35(28-18-12-10-8-6-4-2)29-23-25-30(26-24-29)36-33-21-15-13-19-31(33)32-20-14-16-22-34(32)36/h13-16,19-26H,3-12,17-18,27-28H2,1-2H3. The van der Waals surface area contributed by atoms with Gasteiger partial charge in [0.05, 0.1) is 11.0 Å². The van der Waals surface area contributed by atoms with E-state index in [1.807, 2.05) is 0 Å². The SMILES string of the molecule is CCCCCCCCN(CCCCCCCC)c1ccc(-n2c3ccccc3c3ccccc32)cc1. The molecule has 0 unspecified atom stereocenters. The van der Waals surface area contributed by atoms with E-state index in [0.29, 0.717) is 0 Å². The highest BCUT2D eigenvalue weighted by atomic mass is 15.1. The van der Waals surface area contributed by atoms with Crippen molar-refractivity contribution in [3.05, 3.63) is 72.8 Å². The zero-order chi connectivity index (χ0) is 25.0. The summed E-state index contributed by atoms with van der Waals surface area (Å²) >= 11 is 0. The van der Waals surface area contributed by atoms with Gasteiger partial charge in [-0.3, -0.25) is 0 Å². The highest BCUT2D eigenvalue weighted by Gasteiger charge is 2.12. The molecule has 3 aromatic carbocycles. The molecule has 0 aliphatic heterocycles. The first kappa shape index (κ1) is 26.3. The minimum absolute atomic E-state index is 1.18. The van der Waals surface area contributed by atoms with Crippen molar-refractivity contribution in [1.82, 2.24) is 4.57 Å². The van der Waals surface area contributed by atoms with Gasteiger partial charge in [0.2, 0.25) is 0 Å². The summed E-state index contributed by atoms with van der Waals surface area (Å²) in [6.07, 6.45) is 16.3. The summed E-state index contributed by atoms with van der Waals surface area (Å²) in [4.78, 5) is 2.65. The van der Waals surface area contributed by atoms with Crippen molar-refractivity contribution in [3.8, 4) is 5.69 Å². The Bertz CT molecular complexity index is 1100. The highest BCUT2D eigenvalue weighted by Crippen LogP contribution is 2.32. The normalized spacial score (nSPS) is 11.5. The number of fused-ring (bicyclic) bond motifs is 3. The number of para-hydroxylation sites is 2. The van der Waals surface area contributed by atoms with Gasteiger partial charge in [-0.05, 0) is 49.2 Å². The van der Waals surface area contributed by atoms with Crippen LogP contribution in [-0.2, 0) is 0 Å². The van der Waals surface area contributed by atoms with E-state index in [2.05, 4.69) is 96.1 Å². The van der Waals surface area contributed by atoms with Gasteiger partial charge in [0.15, 0.2) is 0 Å². The first-order valence-electron chi connectivity index (χ1n) is 14.7. The van der Waals surface area contributed by atoms with Crippen molar-refractivity contribution in [2.75, 3.05) is 18.0 Å². The minimum atomic E-state index is 1.18. The van der Waals surface area contributed by atoms with Gasteiger partial charge < -0.3 is 9.47 Å². The maximum Gasteiger partial charge on any atom is 0.0541 e. The van der Waals surface area contributed by atoms with Crippen LogP contribution in [0.4, 0.5) is 5.69 Å².